The molecule has 2 heteroatoms. The molecule has 0 rings (SSSR count). The Balaban J connectivity index is 5.36. The van der Waals surface area contributed by atoms with E-state index in [0.29, 0.717) is 12.5 Å². The van der Waals surface area contributed by atoms with Gasteiger partial charge in [0.05, 0.1) is 0 Å². The van der Waals surface area contributed by atoms with Crippen LogP contribution in [0.3, 0.4) is 0 Å². The molecule has 0 aliphatic rings. The van der Waals surface area contributed by atoms with Gasteiger partial charge in [-0.15, -0.1) is 0 Å². The molecule has 1 atom stereocenters. The fraction of sp³-hybridized carbons (Fsp3) is 0.905. The van der Waals surface area contributed by atoms with E-state index in [-0.39, 0.29) is 0 Å². The Labute approximate surface area is 151 Å². The van der Waals surface area contributed by atoms with Gasteiger partial charge in [-0.3, -0.25) is 0 Å². The van der Waals surface area contributed by atoms with Crippen molar-refractivity contribution in [3.8, 4) is 0 Å². The zero-order valence-electron chi connectivity index (χ0n) is 16.8. The number of allylic oxidation sites excluding steroid dienone is 1. The summed E-state index contributed by atoms with van der Waals surface area (Å²) in [6.07, 6.45) is 14.5. The number of aliphatic hydroxyl groups is 1. The van der Waals surface area contributed by atoms with Gasteiger partial charge in [0.1, 0.15) is 0 Å². The van der Waals surface area contributed by atoms with E-state index in [4.69, 9.17) is 0 Å². The van der Waals surface area contributed by atoms with Crippen molar-refractivity contribution in [2.24, 2.45) is 5.92 Å². The van der Waals surface area contributed by atoms with Gasteiger partial charge in [0.25, 0.3) is 0 Å². The summed E-state index contributed by atoms with van der Waals surface area (Å²) >= 11 is -2.37. The monoisotopic (exact) mass is 432 g/mol. The molecular weight excluding hydrogens is 387 g/mol. The molecule has 0 unspecified atom stereocenters. The SMILES string of the molecule is CCCC[C@@H](C)/C=[C](\CO)[Sn]([CH2]CCC)([CH2]CCC)[CH2]CCC. The molecule has 0 aromatic heterocycles. The van der Waals surface area contributed by atoms with Crippen LogP contribution in [-0.2, 0) is 0 Å². The Morgan fingerprint density at radius 1 is 0.826 bits per heavy atom. The Morgan fingerprint density at radius 2 is 1.26 bits per heavy atom. The first-order chi connectivity index (χ1) is 11.1. The van der Waals surface area contributed by atoms with Crippen molar-refractivity contribution in [2.45, 2.75) is 106 Å². The van der Waals surface area contributed by atoms with Gasteiger partial charge < -0.3 is 0 Å². The third-order valence-electron chi connectivity index (χ3n) is 5.38. The summed E-state index contributed by atoms with van der Waals surface area (Å²) in [6, 6.07) is 0. The molecule has 0 saturated carbocycles. The van der Waals surface area contributed by atoms with E-state index in [2.05, 4.69) is 40.7 Å². The van der Waals surface area contributed by atoms with Gasteiger partial charge in [-0.25, -0.2) is 0 Å². The zero-order chi connectivity index (χ0) is 17.6. The normalized spacial score (nSPS) is 14.3. The number of unbranched alkanes of at least 4 members (excludes halogenated alkanes) is 4. The maximum atomic E-state index is 10.2. The molecule has 0 heterocycles. The molecule has 1 N–H and O–H groups in total. The molecule has 138 valence electrons. The summed E-state index contributed by atoms with van der Waals surface area (Å²) in [7, 11) is 0. The van der Waals surface area contributed by atoms with Crippen molar-refractivity contribution in [1.29, 1.82) is 0 Å². The topological polar surface area (TPSA) is 20.2 Å². The number of aliphatic hydroxyl groups excluding tert-OH is 1. The van der Waals surface area contributed by atoms with Crippen LogP contribution in [0.2, 0.25) is 13.3 Å². The number of hydrogen-bond donors (Lipinski definition) is 1. The van der Waals surface area contributed by atoms with E-state index in [1.807, 2.05) is 0 Å². The second-order valence-electron chi connectivity index (χ2n) is 7.56. The van der Waals surface area contributed by atoms with Crippen molar-refractivity contribution in [1.82, 2.24) is 0 Å². The van der Waals surface area contributed by atoms with Gasteiger partial charge in [-0.2, -0.15) is 0 Å². The Hall–Kier alpha value is 0.499. The predicted molar refractivity (Wildman–Crippen MR) is 109 cm³/mol. The summed E-state index contributed by atoms with van der Waals surface area (Å²) in [6.45, 7) is 12.0. The minimum atomic E-state index is -2.37. The summed E-state index contributed by atoms with van der Waals surface area (Å²) in [5.41, 5.74) is 0. The fourth-order valence-electron chi connectivity index (χ4n) is 3.75. The second kappa shape index (κ2) is 14.8. The molecule has 0 aliphatic carbocycles. The quantitative estimate of drug-likeness (QED) is 0.274. The van der Waals surface area contributed by atoms with Crippen molar-refractivity contribution >= 4 is 18.4 Å². The molecular formula is C21H44OSn. The van der Waals surface area contributed by atoms with Crippen LogP contribution in [0.1, 0.15) is 92.4 Å². The maximum absolute atomic E-state index is 10.2. The Kier molecular flexibility index (Phi) is 15.1. The summed E-state index contributed by atoms with van der Waals surface area (Å²) in [5, 5.41) is 10.2. The molecule has 0 bridgehead atoms. The van der Waals surface area contributed by atoms with Gasteiger partial charge in [-0.1, -0.05) is 0 Å². The van der Waals surface area contributed by atoms with Crippen LogP contribution in [0.5, 0.6) is 0 Å². The van der Waals surface area contributed by atoms with E-state index in [0.717, 1.165) is 0 Å². The Bertz CT molecular complexity index is 276. The van der Waals surface area contributed by atoms with Crippen LogP contribution in [0.4, 0.5) is 0 Å². The first-order valence-corrected chi connectivity index (χ1v) is 17.9. The van der Waals surface area contributed by atoms with Gasteiger partial charge in [0, 0.05) is 0 Å². The second-order valence-corrected chi connectivity index (χ2v) is 21.0. The third kappa shape index (κ3) is 9.53. The van der Waals surface area contributed by atoms with Crippen molar-refractivity contribution in [3.05, 3.63) is 9.67 Å². The van der Waals surface area contributed by atoms with Crippen molar-refractivity contribution in [3.63, 3.8) is 0 Å². The number of rotatable bonds is 15. The fourth-order valence-corrected chi connectivity index (χ4v) is 20.2. The zero-order valence-corrected chi connectivity index (χ0v) is 19.6. The third-order valence-corrected chi connectivity index (χ3v) is 21.4. The molecule has 0 fully saturated rings. The van der Waals surface area contributed by atoms with Gasteiger partial charge in [0.15, 0.2) is 0 Å². The van der Waals surface area contributed by atoms with Gasteiger partial charge >= 0.3 is 151 Å². The molecule has 0 aliphatic heterocycles. The minimum absolute atomic E-state index is 0.351. The van der Waals surface area contributed by atoms with E-state index in [1.54, 1.807) is 3.59 Å². The van der Waals surface area contributed by atoms with Crippen LogP contribution in [-0.4, -0.2) is 30.1 Å². The average Bonchev–Trinajstić information content (AvgIpc) is 2.57. The molecule has 0 aromatic carbocycles. The molecule has 0 radical (unpaired) electrons. The standard InChI is InChI=1S/C9H17O.3C4H9.Sn/c1-3-4-6-9(2)7-5-8-10;3*1-3-4-2;/h7,9-10H,3-4,6,8H2,1-2H3;3*1,3-4H2,2H3;/t9-;;;;/m1..../s1. The molecule has 0 aromatic rings. The predicted octanol–water partition coefficient (Wildman–Crippen LogP) is 7.12. The van der Waals surface area contributed by atoms with Crippen LogP contribution >= 0.6 is 0 Å². The first-order valence-electron chi connectivity index (χ1n) is 10.4. The van der Waals surface area contributed by atoms with Crippen LogP contribution in [0.15, 0.2) is 9.67 Å². The van der Waals surface area contributed by atoms with Crippen molar-refractivity contribution < 1.29 is 5.11 Å². The average molecular weight is 431 g/mol. The van der Waals surface area contributed by atoms with Crippen molar-refractivity contribution in [2.75, 3.05) is 6.61 Å². The van der Waals surface area contributed by atoms with E-state index in [1.165, 1.54) is 71.1 Å². The number of hydrogen-bond acceptors (Lipinski definition) is 1. The van der Waals surface area contributed by atoms with E-state index < -0.39 is 18.4 Å². The van der Waals surface area contributed by atoms with E-state index in [9.17, 15) is 5.11 Å². The molecule has 0 spiro atoms. The summed E-state index contributed by atoms with van der Waals surface area (Å²) in [5.74, 6) is 0.651. The summed E-state index contributed by atoms with van der Waals surface area (Å²) < 4.78 is 5.98. The molecule has 23 heavy (non-hydrogen) atoms. The molecule has 0 amide bonds. The molecule has 0 saturated heterocycles. The van der Waals surface area contributed by atoms with Crippen LogP contribution in [0.25, 0.3) is 0 Å². The van der Waals surface area contributed by atoms with Crippen LogP contribution in [0, 0.1) is 5.92 Å². The van der Waals surface area contributed by atoms with Crippen LogP contribution < -0.4 is 0 Å². The van der Waals surface area contributed by atoms with E-state index >= 15 is 0 Å². The van der Waals surface area contributed by atoms with Gasteiger partial charge in [-0.05, 0) is 0 Å². The Morgan fingerprint density at radius 3 is 1.61 bits per heavy atom. The first kappa shape index (κ1) is 23.5. The molecule has 1 nitrogen and oxygen atoms in total. The van der Waals surface area contributed by atoms with Gasteiger partial charge in [0.2, 0.25) is 0 Å². The summed E-state index contributed by atoms with van der Waals surface area (Å²) in [4.78, 5) is 0.